The first-order valence-corrected chi connectivity index (χ1v) is 67.9. The van der Waals surface area contributed by atoms with Crippen LogP contribution >= 0.6 is 0 Å². The summed E-state index contributed by atoms with van der Waals surface area (Å²) in [4.78, 5) is 0. The van der Waals surface area contributed by atoms with Gasteiger partial charge in [0.25, 0.3) is 0 Å². The lowest BCUT2D eigenvalue weighted by atomic mass is 9.68. The van der Waals surface area contributed by atoms with Gasteiger partial charge in [-0.05, 0) is 591 Å². The van der Waals surface area contributed by atoms with Gasteiger partial charge in [0, 0.05) is 22.8 Å². The second-order valence-corrected chi connectivity index (χ2v) is 54.7. The first-order chi connectivity index (χ1) is 72.1. The molecule has 0 amide bonds. The summed E-state index contributed by atoms with van der Waals surface area (Å²) in [5.74, 6) is 32.8. The lowest BCUT2D eigenvalue weighted by Gasteiger charge is -2.38. The van der Waals surface area contributed by atoms with E-state index >= 15 is 0 Å². The van der Waals surface area contributed by atoms with Crippen LogP contribution in [0.4, 0.5) is 0 Å². The number of allylic oxidation sites excluding steroid dienone is 19. The highest BCUT2D eigenvalue weighted by Gasteiger charge is 2.39. The Labute approximate surface area is 945 Å². The highest BCUT2D eigenvalue weighted by Crippen LogP contribution is 2.52. The van der Waals surface area contributed by atoms with E-state index in [0.29, 0.717) is 0 Å². The third-order valence-electron chi connectivity index (χ3n) is 45.0. The minimum atomic E-state index is 0. The molecule has 0 N–H and O–H groups in total. The molecule has 0 spiro atoms. The van der Waals surface area contributed by atoms with Crippen LogP contribution in [0.2, 0.25) is 0 Å². The van der Waals surface area contributed by atoms with Gasteiger partial charge in [-0.25, -0.2) is 0 Å². The Morgan fingerprint density at radius 3 is 0.483 bits per heavy atom. The van der Waals surface area contributed by atoms with Crippen molar-refractivity contribution in [1.82, 2.24) is 0 Å². The molecule has 16 saturated carbocycles. The quantitative estimate of drug-likeness (QED) is 0.0555. The van der Waals surface area contributed by atoms with Crippen molar-refractivity contribution in [2.45, 2.75) is 604 Å². The fraction of sp³-hybridized carbons (Fsp3) is 0.850. The topological polar surface area (TPSA) is 0 Å². The largest absolute Gasteiger partial charge is 0.103 e. The Hall–Kier alpha value is -2.86. The molecule has 0 bridgehead atoms. The van der Waals surface area contributed by atoms with Gasteiger partial charge in [0.1, 0.15) is 0 Å². The van der Waals surface area contributed by atoms with E-state index in [-0.39, 0.29) is 22.8 Å². The van der Waals surface area contributed by atoms with Crippen molar-refractivity contribution < 1.29 is 22.8 Å². The van der Waals surface area contributed by atoms with Crippen molar-refractivity contribution in [3.63, 3.8) is 0 Å². The molecule has 16 fully saturated rings. The lowest BCUT2D eigenvalue weighted by Crippen LogP contribution is -2.25. The summed E-state index contributed by atoms with van der Waals surface area (Å²) < 4.78 is 0. The molecule has 0 aromatic rings. The Balaban J connectivity index is -0.000000277. The van der Waals surface area contributed by atoms with Crippen LogP contribution in [0.3, 0.4) is 0 Å². The number of unbranched alkanes of at least 4 members (excludes halogenated alkanes) is 1. The van der Waals surface area contributed by atoms with Crippen LogP contribution in [0.5, 0.6) is 0 Å². The number of hydrogen-bond donors (Lipinski definition) is 0. The molecule has 16 aliphatic carbocycles. The third kappa shape index (κ3) is 50.3. The minimum absolute atomic E-state index is 0. The van der Waals surface area contributed by atoms with Crippen LogP contribution in [0, 0.1) is 189 Å². The van der Waals surface area contributed by atoms with Gasteiger partial charge in [0.05, 0.1) is 0 Å². The first-order valence-electron chi connectivity index (χ1n) is 67.9. The maximum atomic E-state index is 3.94. The molecule has 16 rings (SSSR count). The Morgan fingerprint density at radius 2 is 0.327 bits per heavy atom. The lowest BCUT2D eigenvalue weighted by molar-refractivity contribution is 0.141. The normalized spacial score (nSPS) is 37.5. The van der Waals surface area contributed by atoms with Crippen molar-refractivity contribution in [3.8, 4) is 0 Å². The molecular formula is C147H288. The summed E-state index contributed by atoms with van der Waals surface area (Å²) in [5, 5.41) is 0. The van der Waals surface area contributed by atoms with Gasteiger partial charge in [-0.3, -0.25) is 0 Å². The number of hydrogen-bond acceptors (Lipinski definition) is 0. The second kappa shape index (κ2) is 78.3. The van der Waals surface area contributed by atoms with Gasteiger partial charge in [0.2, 0.25) is 0 Å². The molecule has 0 heteroatoms. The van der Waals surface area contributed by atoms with Crippen molar-refractivity contribution in [1.29, 1.82) is 0 Å². The predicted molar refractivity (Wildman–Crippen MR) is 692 cm³/mol. The maximum Gasteiger partial charge on any atom is 0 e. The van der Waals surface area contributed by atoms with Crippen LogP contribution in [-0.4, -0.2) is 0 Å². The molecule has 0 aromatic carbocycles. The van der Waals surface area contributed by atoms with E-state index in [1.807, 2.05) is 0 Å². The molecule has 876 valence electrons. The highest BCUT2D eigenvalue weighted by atomic mass is 14.4. The van der Waals surface area contributed by atoms with E-state index in [1.54, 1.807) is 128 Å². The van der Waals surface area contributed by atoms with Gasteiger partial charge in [-0.1, -0.05) is 317 Å². The zero-order valence-electron chi connectivity index (χ0n) is 101. The zero-order chi connectivity index (χ0) is 104. The van der Waals surface area contributed by atoms with Gasteiger partial charge in [-0.15, -0.1) is 19.7 Å². The average molecular weight is 2060 g/mol. The van der Waals surface area contributed by atoms with E-state index in [9.17, 15) is 0 Å². The summed E-state index contributed by atoms with van der Waals surface area (Å²) >= 11 is 0. The molecule has 0 saturated heterocycles. The molecule has 0 aliphatic heterocycles. The predicted octanol–water partition coefficient (Wildman–Crippen LogP) is 52.2. The SMILES string of the molecule is C/C=C/C1CCC(C2CCC(/C=C/C)CC2)CC1.C/C=C/CCC1CCC(C2CCC(C)CC2)CC1.C/C=C/CCC1CCC(C2CCC(C)CC2)CC1.C/C=C/CCC1CCC(C2CCC(CC)CC2)CC1.C/C=C/CCC1CCC(C2CCC(CCC)CC2)CC1.C/C=C/CCC1CCC(C2CCC(CCCC)CC2)CC1.C=CC1CCC(C2CCC(/C=C/C)CC2)CC1.C=CC1CCC(C2CCC(C=C)CC2)CC1.[HH].[HH].[HH].[HH].[HH].[HH].[HH].[HH].[HH].[HH].[HH].[HH].[HH].[HH].[HH].[HH]. The highest BCUT2D eigenvalue weighted by molar-refractivity contribution is 4.99. The van der Waals surface area contributed by atoms with Crippen molar-refractivity contribution in [2.75, 3.05) is 0 Å². The molecule has 0 aromatic heterocycles. The van der Waals surface area contributed by atoms with Gasteiger partial charge in [0.15, 0.2) is 0 Å². The summed E-state index contributed by atoms with van der Waals surface area (Å²) in [6.07, 6.45) is 162. The zero-order valence-corrected chi connectivity index (χ0v) is 101. The van der Waals surface area contributed by atoms with Crippen LogP contribution in [0.25, 0.3) is 0 Å². The van der Waals surface area contributed by atoms with E-state index in [2.05, 4.69) is 225 Å². The number of rotatable bonds is 35. The van der Waals surface area contributed by atoms with Crippen molar-refractivity contribution >= 4 is 0 Å². The van der Waals surface area contributed by atoms with Crippen LogP contribution in [0.1, 0.15) is 627 Å². The fourth-order valence-corrected chi connectivity index (χ4v) is 34.4. The molecule has 0 heterocycles. The Bertz CT molecular complexity index is 3320. The van der Waals surface area contributed by atoms with Crippen LogP contribution < -0.4 is 0 Å². The van der Waals surface area contributed by atoms with Crippen LogP contribution in [-0.2, 0) is 0 Å². The van der Waals surface area contributed by atoms with Gasteiger partial charge < -0.3 is 0 Å². The maximum absolute atomic E-state index is 3.94. The van der Waals surface area contributed by atoms with E-state index in [0.717, 1.165) is 189 Å². The first kappa shape index (κ1) is 128. The van der Waals surface area contributed by atoms with Gasteiger partial charge in [-0.2, -0.15) is 0 Å². The Morgan fingerprint density at radius 1 is 0.170 bits per heavy atom. The summed E-state index contributed by atoms with van der Waals surface area (Å²) in [6.45, 7) is 40.9. The van der Waals surface area contributed by atoms with E-state index in [4.69, 9.17) is 0 Å². The standard InChI is InChI=1S/C21H38.C20H36.C19H34.2C18H32.C18H30.C17H28.C16H26.16H2/c1-3-5-7-9-19-12-16-21(17-13-19)20-14-10-18(11-15-20)8-6-4-2;1-3-5-6-8-18-11-15-20(16-12-18)19-13-9-17(7-4-2)10-14-19;1-3-5-6-7-17-10-14-19(15-11-17)18-12-8-16(4-2)9-13-18;2*1-3-4-5-6-16-9-13-18(14-10-16)17-11-7-15(2)8-12-17;1-3-5-15-7-11-17(12-8-15)18-13-9-16(6-4-2)10-14-18;1-3-5-15-8-12-17(13-9-15)16-10-6-14(4-2)7-11-16;1-3-13-5-9-15(10-6-13)16-11-7-14(4-2)8-12-16;;;;;;;;;;;;;;;;/h3,5,18-21H,4,6-17H2,1-2H3;3,5,17-20H,4,6-16H2,1-2H3;3,5,16-19H,4,6-15H2,1-2H3;2*3-4,15-18H,5-14H2,1-2H3;3-6,15-18H,7-14H2,1-2H3;3-5,14-17H,2,6-13H2,1H3;3-4,13-16H,1-2,5-12H2;16*1H/b3*5-3+;2*4-3+;5-3+,6-4+;5-3+;;;;;;;;;;;;;;;;;. The van der Waals surface area contributed by atoms with E-state index < -0.39 is 0 Å². The smallest absolute Gasteiger partial charge is 0 e. The summed E-state index contributed by atoms with van der Waals surface area (Å²) in [6, 6.07) is 0. The molecule has 0 nitrogen and oxygen atoms in total. The van der Waals surface area contributed by atoms with Gasteiger partial charge >= 0.3 is 0 Å². The fourth-order valence-electron chi connectivity index (χ4n) is 34.4. The minimum Gasteiger partial charge on any atom is -0.103 e. The van der Waals surface area contributed by atoms with Crippen LogP contribution in [0.15, 0.2) is 135 Å². The molecule has 0 unspecified atom stereocenters. The van der Waals surface area contributed by atoms with Crippen molar-refractivity contribution in [3.05, 3.63) is 135 Å². The van der Waals surface area contributed by atoms with Crippen molar-refractivity contribution in [2.24, 2.45) is 189 Å². The second-order valence-electron chi connectivity index (χ2n) is 54.7. The monoisotopic (exact) mass is 2050 g/mol. The molecular weight excluding hydrogens is 1770 g/mol. The molecule has 16 aliphatic rings. The summed E-state index contributed by atoms with van der Waals surface area (Å²) in [7, 11) is 0. The summed E-state index contributed by atoms with van der Waals surface area (Å²) in [5.41, 5.74) is 0. The third-order valence-corrected chi connectivity index (χ3v) is 45.0. The Kier molecular flexibility index (Phi) is 68.0. The average Bonchev–Trinajstić information content (AvgIpc) is 0.920. The molecule has 0 atom stereocenters. The van der Waals surface area contributed by atoms with E-state index in [1.165, 1.54) is 385 Å². The molecule has 147 heavy (non-hydrogen) atoms. The molecule has 0 radical (unpaired) electrons.